The van der Waals surface area contributed by atoms with Crippen molar-refractivity contribution in [2.45, 2.75) is 39.7 Å². The fourth-order valence-corrected chi connectivity index (χ4v) is 5.10. The number of carboxylic acids is 1. The molecule has 7 nitrogen and oxygen atoms in total. The van der Waals surface area contributed by atoms with Gasteiger partial charge in [0.25, 0.3) is 0 Å². The normalized spacial score (nSPS) is 14.1. The first-order valence-corrected chi connectivity index (χ1v) is 12.5. The third-order valence-electron chi connectivity index (χ3n) is 6.11. The topological polar surface area (TPSA) is 86.6 Å². The van der Waals surface area contributed by atoms with Crippen molar-refractivity contribution >= 4 is 28.3 Å². The first kappa shape index (κ1) is 24.0. The molecule has 2 heterocycles. The molecule has 0 unspecified atom stereocenters. The third kappa shape index (κ3) is 5.69. The lowest BCUT2D eigenvalue weighted by Crippen LogP contribution is -2.49. The number of aliphatic carboxylic acids is 1. The van der Waals surface area contributed by atoms with Crippen molar-refractivity contribution in [2.75, 3.05) is 24.5 Å². The highest BCUT2D eigenvalue weighted by Gasteiger charge is 2.32. The Labute approximate surface area is 204 Å². The van der Waals surface area contributed by atoms with Crippen LogP contribution < -0.4 is 4.90 Å². The monoisotopic (exact) mass is 478 g/mol. The Morgan fingerprint density at radius 2 is 1.88 bits per heavy atom. The van der Waals surface area contributed by atoms with E-state index in [2.05, 4.69) is 34.2 Å². The van der Waals surface area contributed by atoms with Gasteiger partial charge >= 0.3 is 5.97 Å². The first-order valence-electron chi connectivity index (χ1n) is 11.7. The molecule has 3 aromatic rings. The lowest BCUT2D eigenvalue weighted by Gasteiger charge is -2.36. The summed E-state index contributed by atoms with van der Waals surface area (Å²) in [6, 6.07) is 16.0. The zero-order valence-corrected chi connectivity index (χ0v) is 20.4. The molecule has 178 valence electrons. The van der Waals surface area contributed by atoms with Crippen LogP contribution in [0, 0.1) is 12.8 Å². The number of aromatic nitrogens is 2. The Balaban J connectivity index is 1.46. The summed E-state index contributed by atoms with van der Waals surface area (Å²) in [5.41, 5.74) is 4.23. The Bertz CT molecular complexity index is 1140. The van der Waals surface area contributed by atoms with E-state index in [1.807, 2.05) is 43.3 Å². The second-order valence-electron chi connectivity index (χ2n) is 8.83. The van der Waals surface area contributed by atoms with Gasteiger partial charge in [-0.3, -0.25) is 19.4 Å². The number of hydrogen-bond acceptors (Lipinski definition) is 6. The van der Waals surface area contributed by atoms with Crippen molar-refractivity contribution in [1.82, 2.24) is 15.1 Å². The van der Waals surface area contributed by atoms with Gasteiger partial charge in [-0.15, -0.1) is 10.2 Å². The smallest absolute Gasteiger partial charge is 0.309 e. The number of unbranched alkanes of at least 4 members (excludes halogenated alkanes) is 1. The van der Waals surface area contributed by atoms with E-state index in [0.29, 0.717) is 31.2 Å². The number of aryl methyl sites for hydroxylation is 1. The van der Waals surface area contributed by atoms with E-state index in [0.717, 1.165) is 46.6 Å². The van der Waals surface area contributed by atoms with Crippen LogP contribution in [0.2, 0.25) is 0 Å². The van der Waals surface area contributed by atoms with Crippen LogP contribution in [0.5, 0.6) is 0 Å². The SMILES string of the molecule is CCCCN(C(=O)Cc1ccccc1)c1nnc(-c2ccc(CN3CC(C(=O)O)C3)cc2C)s1. The van der Waals surface area contributed by atoms with Crippen LogP contribution in [0.15, 0.2) is 48.5 Å². The van der Waals surface area contributed by atoms with Crippen LogP contribution in [0.25, 0.3) is 10.6 Å². The van der Waals surface area contributed by atoms with Gasteiger partial charge in [0.2, 0.25) is 11.0 Å². The molecule has 1 fully saturated rings. The van der Waals surface area contributed by atoms with E-state index in [-0.39, 0.29) is 11.8 Å². The minimum atomic E-state index is -0.718. The molecule has 1 aliphatic heterocycles. The molecule has 34 heavy (non-hydrogen) atoms. The van der Waals surface area contributed by atoms with Crippen LogP contribution in [0.1, 0.15) is 36.5 Å². The molecule has 2 aromatic carbocycles. The average molecular weight is 479 g/mol. The van der Waals surface area contributed by atoms with E-state index in [4.69, 9.17) is 5.11 Å². The van der Waals surface area contributed by atoms with Crippen LogP contribution in [-0.4, -0.2) is 51.7 Å². The highest BCUT2D eigenvalue weighted by molar-refractivity contribution is 7.18. The van der Waals surface area contributed by atoms with Crippen LogP contribution in [-0.2, 0) is 22.6 Å². The van der Waals surface area contributed by atoms with Gasteiger partial charge in [0.1, 0.15) is 5.01 Å². The summed E-state index contributed by atoms with van der Waals surface area (Å²) in [5, 5.41) is 19.3. The molecule has 0 bridgehead atoms. The summed E-state index contributed by atoms with van der Waals surface area (Å²) in [7, 11) is 0. The Hall–Kier alpha value is -3.10. The predicted octanol–water partition coefficient (Wildman–Crippen LogP) is 4.41. The van der Waals surface area contributed by atoms with E-state index in [1.165, 1.54) is 11.3 Å². The van der Waals surface area contributed by atoms with Gasteiger partial charge in [-0.05, 0) is 30.0 Å². The largest absolute Gasteiger partial charge is 0.481 e. The number of nitrogens with zero attached hydrogens (tertiary/aromatic N) is 4. The number of carboxylic acid groups (broad SMARTS) is 1. The van der Waals surface area contributed by atoms with Crippen molar-refractivity contribution in [1.29, 1.82) is 0 Å². The fourth-order valence-electron chi connectivity index (χ4n) is 4.12. The van der Waals surface area contributed by atoms with Crippen molar-refractivity contribution in [3.63, 3.8) is 0 Å². The molecule has 8 heteroatoms. The molecule has 0 aliphatic carbocycles. The Kier molecular flexibility index (Phi) is 7.70. The number of anilines is 1. The molecular formula is C26H30N4O3S. The van der Waals surface area contributed by atoms with Crippen molar-refractivity contribution < 1.29 is 14.7 Å². The number of hydrogen-bond donors (Lipinski definition) is 1. The standard InChI is InChI=1S/C26H30N4O3S/c1-3-4-12-30(23(31)14-19-8-6-5-7-9-19)26-28-27-24(34-26)22-11-10-20(13-18(22)2)15-29-16-21(17-29)25(32)33/h5-11,13,21H,3-4,12,14-17H2,1-2H3,(H,32,33). The summed E-state index contributed by atoms with van der Waals surface area (Å²) in [6.07, 6.45) is 2.24. The molecular weight excluding hydrogens is 448 g/mol. The number of amides is 1. The number of carbonyl (C=O) groups is 2. The maximum Gasteiger partial charge on any atom is 0.309 e. The molecule has 1 amide bonds. The molecule has 1 N–H and O–H groups in total. The number of likely N-dealkylation sites (tertiary alicyclic amines) is 1. The van der Waals surface area contributed by atoms with Gasteiger partial charge in [-0.1, -0.05) is 73.2 Å². The lowest BCUT2D eigenvalue weighted by atomic mass is 9.98. The van der Waals surface area contributed by atoms with Gasteiger partial charge in [0.15, 0.2) is 0 Å². The van der Waals surface area contributed by atoms with Crippen LogP contribution >= 0.6 is 11.3 Å². The maximum absolute atomic E-state index is 13.1. The van der Waals surface area contributed by atoms with Crippen molar-refractivity contribution in [3.8, 4) is 10.6 Å². The highest BCUT2D eigenvalue weighted by atomic mass is 32.1. The van der Waals surface area contributed by atoms with Gasteiger partial charge < -0.3 is 5.11 Å². The molecule has 0 radical (unpaired) electrons. The van der Waals surface area contributed by atoms with Crippen molar-refractivity contribution in [2.24, 2.45) is 5.92 Å². The average Bonchev–Trinajstić information content (AvgIpc) is 3.26. The zero-order valence-electron chi connectivity index (χ0n) is 19.6. The van der Waals surface area contributed by atoms with Crippen molar-refractivity contribution in [3.05, 3.63) is 65.2 Å². The molecule has 1 saturated heterocycles. The summed E-state index contributed by atoms with van der Waals surface area (Å²) in [6.45, 7) is 6.72. The second-order valence-corrected chi connectivity index (χ2v) is 9.79. The molecule has 0 atom stereocenters. The third-order valence-corrected chi connectivity index (χ3v) is 7.09. The zero-order chi connectivity index (χ0) is 24.1. The number of benzene rings is 2. The van der Waals surface area contributed by atoms with Crippen LogP contribution in [0.3, 0.4) is 0 Å². The van der Waals surface area contributed by atoms with Gasteiger partial charge in [-0.2, -0.15) is 0 Å². The first-order chi connectivity index (χ1) is 16.4. The molecule has 1 aliphatic rings. The van der Waals surface area contributed by atoms with E-state index < -0.39 is 5.97 Å². The molecule has 0 saturated carbocycles. The quantitative estimate of drug-likeness (QED) is 0.465. The Morgan fingerprint density at radius 1 is 1.12 bits per heavy atom. The summed E-state index contributed by atoms with van der Waals surface area (Å²) in [4.78, 5) is 28.0. The molecule has 1 aromatic heterocycles. The van der Waals surface area contributed by atoms with Gasteiger partial charge in [-0.25, -0.2) is 0 Å². The Morgan fingerprint density at radius 3 is 2.56 bits per heavy atom. The summed E-state index contributed by atoms with van der Waals surface area (Å²) < 4.78 is 0. The summed E-state index contributed by atoms with van der Waals surface area (Å²) >= 11 is 1.44. The van der Waals surface area contributed by atoms with Gasteiger partial charge in [0, 0.05) is 31.7 Å². The maximum atomic E-state index is 13.1. The number of carbonyl (C=O) groups excluding carboxylic acids is 1. The van der Waals surface area contributed by atoms with E-state index in [9.17, 15) is 9.59 Å². The minimum Gasteiger partial charge on any atom is -0.481 e. The highest BCUT2D eigenvalue weighted by Crippen LogP contribution is 2.32. The molecule has 4 rings (SSSR count). The van der Waals surface area contributed by atoms with Gasteiger partial charge in [0.05, 0.1) is 12.3 Å². The molecule has 0 spiro atoms. The summed E-state index contributed by atoms with van der Waals surface area (Å²) in [5.74, 6) is -0.936. The fraction of sp³-hybridized carbons (Fsp3) is 0.385. The second kappa shape index (κ2) is 10.9. The van der Waals surface area contributed by atoms with E-state index in [1.54, 1.807) is 4.90 Å². The lowest BCUT2D eigenvalue weighted by molar-refractivity contribution is -0.147. The minimum absolute atomic E-state index is 0.0311. The van der Waals surface area contributed by atoms with E-state index >= 15 is 0 Å². The predicted molar refractivity (Wildman–Crippen MR) is 134 cm³/mol. The van der Waals surface area contributed by atoms with Crippen LogP contribution in [0.4, 0.5) is 5.13 Å². The number of rotatable bonds is 10.